The van der Waals surface area contributed by atoms with E-state index < -0.39 is 64.6 Å². The van der Waals surface area contributed by atoms with Crippen LogP contribution < -0.4 is 0 Å². The number of hydrogen-bond donors (Lipinski definition) is 3. The van der Waals surface area contributed by atoms with Gasteiger partial charge in [-0.05, 0) is 69.8 Å². The first-order chi connectivity index (χ1) is 17.3. The molecule has 3 saturated carbocycles. The summed E-state index contributed by atoms with van der Waals surface area (Å²) in [5, 5.41) is 31.6. The number of rotatable bonds is 7. The topological polar surface area (TPSA) is 130 Å². The third-order valence-electron chi connectivity index (χ3n) is 10.4. The van der Waals surface area contributed by atoms with Crippen molar-refractivity contribution < 1.29 is 43.6 Å². The highest BCUT2D eigenvalue weighted by atomic mass is 19.1. The summed E-state index contributed by atoms with van der Waals surface area (Å²) in [4.78, 5) is 37.6. The van der Waals surface area contributed by atoms with Gasteiger partial charge in [0.1, 0.15) is 6.10 Å². The van der Waals surface area contributed by atoms with E-state index in [1.807, 2.05) is 13.8 Å². The Hall–Kier alpha value is -2.26. The maximum absolute atomic E-state index is 18.0. The molecule has 0 radical (unpaired) electrons. The minimum Gasteiger partial charge on any atom is -0.481 e. The molecular formula is C28H39FO8. The number of ether oxygens (including phenoxy) is 2. The van der Waals surface area contributed by atoms with Gasteiger partial charge in [0, 0.05) is 18.4 Å². The average Bonchev–Trinajstić information content (AvgIpc) is 3.08. The van der Waals surface area contributed by atoms with Gasteiger partial charge in [-0.25, -0.2) is 4.39 Å². The number of ketones is 1. The first-order valence-corrected chi connectivity index (χ1v) is 13.3. The van der Waals surface area contributed by atoms with Gasteiger partial charge in [-0.1, -0.05) is 25.8 Å². The molecule has 37 heavy (non-hydrogen) atoms. The maximum Gasteiger partial charge on any atom is 0.310 e. The zero-order chi connectivity index (χ0) is 27.6. The Labute approximate surface area is 216 Å². The van der Waals surface area contributed by atoms with E-state index in [0.717, 1.165) is 0 Å². The molecule has 0 aromatic carbocycles. The van der Waals surface area contributed by atoms with E-state index in [1.54, 1.807) is 6.92 Å². The van der Waals surface area contributed by atoms with Gasteiger partial charge >= 0.3 is 11.9 Å². The largest absolute Gasteiger partial charge is 0.481 e. The molecule has 0 bridgehead atoms. The van der Waals surface area contributed by atoms with Crippen LogP contribution in [0.5, 0.6) is 0 Å². The van der Waals surface area contributed by atoms with E-state index in [-0.39, 0.29) is 23.7 Å². The van der Waals surface area contributed by atoms with Crippen molar-refractivity contribution in [3.8, 4) is 0 Å². The predicted molar refractivity (Wildman–Crippen MR) is 131 cm³/mol. The highest BCUT2D eigenvalue weighted by Gasteiger charge is 2.75. The van der Waals surface area contributed by atoms with Crippen LogP contribution in [0.1, 0.15) is 79.6 Å². The molecule has 0 heterocycles. The van der Waals surface area contributed by atoms with Gasteiger partial charge in [-0.2, -0.15) is 0 Å². The summed E-state index contributed by atoms with van der Waals surface area (Å²) in [6, 6.07) is 0. The van der Waals surface area contributed by atoms with Crippen LogP contribution in [0.15, 0.2) is 23.0 Å². The number of aliphatic hydroxyl groups is 2. The van der Waals surface area contributed by atoms with Gasteiger partial charge in [0.2, 0.25) is 5.78 Å². The van der Waals surface area contributed by atoms with Crippen molar-refractivity contribution in [1.29, 1.82) is 0 Å². The van der Waals surface area contributed by atoms with Crippen LogP contribution >= 0.6 is 0 Å². The molecule has 0 amide bonds. The molecule has 206 valence electrons. The summed E-state index contributed by atoms with van der Waals surface area (Å²) in [6.45, 7) is 7.35. The quantitative estimate of drug-likeness (QED) is 0.340. The van der Waals surface area contributed by atoms with Crippen molar-refractivity contribution in [2.75, 3.05) is 6.79 Å². The second kappa shape index (κ2) is 9.19. The van der Waals surface area contributed by atoms with Crippen LogP contribution in [0.3, 0.4) is 0 Å². The predicted octanol–water partition coefficient (Wildman–Crippen LogP) is 3.84. The fourth-order valence-corrected chi connectivity index (χ4v) is 8.95. The second-order valence-electron chi connectivity index (χ2n) is 11.8. The second-order valence-corrected chi connectivity index (χ2v) is 11.8. The fraction of sp³-hybridized carbons (Fsp3) is 0.750. The first-order valence-electron chi connectivity index (χ1n) is 13.3. The van der Waals surface area contributed by atoms with E-state index in [2.05, 4.69) is 0 Å². The number of hydrogen-bond acceptors (Lipinski definition) is 7. The lowest BCUT2D eigenvalue weighted by atomic mass is 9.42. The highest BCUT2D eigenvalue weighted by molar-refractivity contribution is 6.05. The molecule has 0 spiro atoms. The number of allylic oxidation sites excluding steroid dienone is 2. The zero-order valence-electron chi connectivity index (χ0n) is 22.3. The van der Waals surface area contributed by atoms with Gasteiger partial charge in [0.15, 0.2) is 18.2 Å². The molecule has 0 saturated heterocycles. The molecular weight excluding hydrogens is 483 g/mol. The van der Waals surface area contributed by atoms with Crippen molar-refractivity contribution in [3.05, 3.63) is 23.0 Å². The van der Waals surface area contributed by atoms with Gasteiger partial charge in [-0.3, -0.25) is 14.4 Å². The van der Waals surface area contributed by atoms with E-state index in [0.29, 0.717) is 44.1 Å². The maximum atomic E-state index is 18.0. The smallest absolute Gasteiger partial charge is 0.310 e. The highest BCUT2D eigenvalue weighted by Crippen LogP contribution is 2.73. The summed E-state index contributed by atoms with van der Waals surface area (Å²) >= 11 is 0. The fourth-order valence-electron chi connectivity index (χ4n) is 8.95. The molecule has 0 aliphatic heterocycles. The van der Waals surface area contributed by atoms with Crippen molar-refractivity contribution in [3.63, 3.8) is 0 Å². The summed E-state index contributed by atoms with van der Waals surface area (Å²) < 4.78 is 28.8. The molecule has 4 aliphatic carbocycles. The van der Waals surface area contributed by atoms with E-state index in [4.69, 9.17) is 9.47 Å². The number of carbonyl (C=O) groups excluding carboxylic acids is 2. The van der Waals surface area contributed by atoms with Gasteiger partial charge in [-0.15, -0.1) is 0 Å². The Kier molecular flexibility index (Phi) is 6.89. The summed E-state index contributed by atoms with van der Waals surface area (Å²) in [5.74, 6) is -3.35. The van der Waals surface area contributed by atoms with Crippen LogP contribution in [0.2, 0.25) is 0 Å². The summed E-state index contributed by atoms with van der Waals surface area (Å²) in [6.07, 6.45) is 1.46. The molecule has 4 aliphatic rings. The number of fused-ring (bicyclic) bond motifs is 5. The van der Waals surface area contributed by atoms with Crippen LogP contribution in [-0.4, -0.2) is 57.7 Å². The van der Waals surface area contributed by atoms with E-state index in [1.165, 1.54) is 19.9 Å². The van der Waals surface area contributed by atoms with Crippen molar-refractivity contribution in [1.82, 2.24) is 0 Å². The van der Waals surface area contributed by atoms with Crippen LogP contribution in [0.4, 0.5) is 4.39 Å². The molecule has 4 rings (SSSR count). The molecule has 8 atom stereocenters. The van der Waals surface area contributed by atoms with E-state index in [9.17, 15) is 29.7 Å². The number of aliphatic hydroxyl groups excluding tert-OH is 2. The molecule has 3 unspecified atom stereocenters. The number of halogens is 1. The van der Waals surface area contributed by atoms with Crippen molar-refractivity contribution in [2.24, 2.45) is 28.1 Å². The summed E-state index contributed by atoms with van der Waals surface area (Å²) in [7, 11) is 0. The lowest BCUT2D eigenvalue weighted by Gasteiger charge is -2.64. The lowest BCUT2D eigenvalue weighted by molar-refractivity contribution is -0.215. The third kappa shape index (κ3) is 3.49. The third-order valence-corrected chi connectivity index (χ3v) is 10.4. The Morgan fingerprint density at radius 1 is 1.24 bits per heavy atom. The molecule has 0 aromatic heterocycles. The SMILES string of the molecule is CCC[C@]1(C(=O)O)CCC2C3CCC4=CC(=O)C(OCO)=C(C(C)OC(C)=O)[C@]4(C)[C@@]3(F)[C@@H](O)C[C@@]21C. The summed E-state index contributed by atoms with van der Waals surface area (Å²) in [5.41, 5.74) is -5.14. The molecule has 9 heteroatoms. The molecule has 8 nitrogen and oxygen atoms in total. The van der Waals surface area contributed by atoms with Gasteiger partial charge in [0.25, 0.3) is 0 Å². The minimum atomic E-state index is -2.28. The van der Waals surface area contributed by atoms with Crippen LogP contribution in [0.25, 0.3) is 0 Å². The number of esters is 1. The number of alkyl halides is 1. The Bertz CT molecular complexity index is 1070. The monoisotopic (exact) mass is 522 g/mol. The normalized spacial score (nSPS) is 41.8. The van der Waals surface area contributed by atoms with Gasteiger partial charge < -0.3 is 24.8 Å². The van der Waals surface area contributed by atoms with Crippen LogP contribution in [0, 0.1) is 28.1 Å². The Morgan fingerprint density at radius 3 is 2.49 bits per heavy atom. The minimum absolute atomic E-state index is 0.0425. The standard InChI is InChI=1S/C28H39FO8/c1-6-10-27(24(34)35)11-9-18-19-8-7-17-12-20(32)23(36-14-30)22(15(2)37-16(3)31)26(17,5)28(19,29)21(33)13-25(18,27)4/h12,15,18-19,21,30,33H,6-11,13-14H2,1-5H3,(H,34,35)/t15?,18?,19?,21-,25-,26+,27+,28-/m0/s1. The Balaban J connectivity index is 1.91. The molecule has 0 aromatic rings. The van der Waals surface area contributed by atoms with Crippen molar-refractivity contribution >= 4 is 17.7 Å². The zero-order valence-corrected chi connectivity index (χ0v) is 22.3. The van der Waals surface area contributed by atoms with Gasteiger partial charge in [0.05, 0.1) is 16.9 Å². The lowest BCUT2D eigenvalue weighted by Crippen LogP contribution is -2.69. The number of carboxylic acid groups (broad SMARTS) is 1. The number of carboxylic acids is 1. The first kappa shape index (κ1) is 27.8. The van der Waals surface area contributed by atoms with E-state index >= 15 is 4.39 Å². The van der Waals surface area contributed by atoms with Crippen LogP contribution in [-0.2, 0) is 23.9 Å². The average molecular weight is 523 g/mol. The number of aliphatic carboxylic acids is 1. The molecule has 3 fully saturated rings. The number of carbonyl (C=O) groups is 3. The van der Waals surface area contributed by atoms with Crippen molar-refractivity contribution in [2.45, 2.75) is 97.4 Å². The Morgan fingerprint density at radius 2 is 1.92 bits per heavy atom. The molecule has 3 N–H and O–H groups in total.